The Morgan fingerprint density at radius 1 is 1.37 bits per heavy atom. The molecule has 3 rings (SSSR count). The Labute approximate surface area is 180 Å². The summed E-state index contributed by atoms with van der Waals surface area (Å²) in [4.78, 5) is 28.0. The fourth-order valence-electron chi connectivity index (χ4n) is 3.43. The molecule has 2 heterocycles. The molecule has 30 heavy (non-hydrogen) atoms. The van der Waals surface area contributed by atoms with Gasteiger partial charge in [-0.15, -0.1) is 16.9 Å². The highest BCUT2D eigenvalue weighted by Crippen LogP contribution is 2.28. The number of thioether (sulfide) groups is 1. The monoisotopic (exact) mass is 429 g/mol. The van der Waals surface area contributed by atoms with Crippen molar-refractivity contribution in [3.8, 4) is 0 Å². The largest absolute Gasteiger partial charge is 0.464 e. The lowest BCUT2D eigenvalue weighted by atomic mass is 10.1. The van der Waals surface area contributed by atoms with E-state index in [1.165, 1.54) is 12.7 Å². The molecule has 1 fully saturated rings. The van der Waals surface area contributed by atoms with E-state index in [0.29, 0.717) is 19.5 Å². The van der Waals surface area contributed by atoms with Gasteiger partial charge in [0, 0.05) is 23.7 Å². The van der Waals surface area contributed by atoms with Gasteiger partial charge in [-0.25, -0.2) is 9.48 Å². The lowest BCUT2D eigenvalue weighted by Crippen LogP contribution is -2.39. The van der Waals surface area contributed by atoms with Crippen LogP contribution in [-0.4, -0.2) is 64.3 Å². The topological polar surface area (TPSA) is 89.4 Å². The summed E-state index contributed by atoms with van der Waals surface area (Å²) in [7, 11) is 1.31. The third-order valence-corrected chi connectivity index (χ3v) is 5.76. The zero-order chi connectivity index (χ0) is 21.7. The average molecular weight is 430 g/mol. The number of methoxy groups -OCH3 is 1. The minimum Gasteiger partial charge on any atom is -0.464 e. The van der Waals surface area contributed by atoms with Crippen LogP contribution >= 0.6 is 11.8 Å². The summed E-state index contributed by atoms with van der Waals surface area (Å²) in [6.45, 7) is 5.38. The van der Waals surface area contributed by atoms with Crippen LogP contribution in [0.25, 0.3) is 0 Å². The van der Waals surface area contributed by atoms with E-state index in [1.807, 2.05) is 44.4 Å². The first-order valence-electron chi connectivity index (χ1n) is 9.73. The molecule has 1 amide bonds. The van der Waals surface area contributed by atoms with Gasteiger partial charge in [0.1, 0.15) is 0 Å². The van der Waals surface area contributed by atoms with E-state index in [4.69, 9.17) is 4.74 Å². The number of carbonyl (C=O) groups is 2. The number of aromatic nitrogens is 3. The molecule has 1 aromatic heterocycles. The van der Waals surface area contributed by atoms with E-state index in [-0.39, 0.29) is 23.7 Å². The van der Waals surface area contributed by atoms with E-state index in [1.54, 1.807) is 22.6 Å². The number of rotatable bonds is 7. The van der Waals surface area contributed by atoms with E-state index in [0.717, 1.165) is 10.6 Å². The smallest absolute Gasteiger partial charge is 0.360 e. The van der Waals surface area contributed by atoms with Gasteiger partial charge in [0.2, 0.25) is 5.91 Å². The molecule has 0 aliphatic carbocycles. The Morgan fingerprint density at radius 2 is 2.17 bits per heavy atom. The zero-order valence-corrected chi connectivity index (χ0v) is 18.5. The molecule has 2 aromatic rings. The van der Waals surface area contributed by atoms with Crippen molar-refractivity contribution in [3.63, 3.8) is 0 Å². The average Bonchev–Trinajstić information content (AvgIpc) is 3.39. The summed E-state index contributed by atoms with van der Waals surface area (Å²) in [5.41, 5.74) is 2.14. The van der Waals surface area contributed by atoms with Gasteiger partial charge in [0.25, 0.3) is 0 Å². The molecule has 0 unspecified atom stereocenters. The summed E-state index contributed by atoms with van der Waals surface area (Å²) in [6, 6.07) is 7.43. The van der Waals surface area contributed by atoms with Gasteiger partial charge in [-0.2, -0.15) is 0 Å². The number of nitrogens with zero attached hydrogens (tertiary/aromatic N) is 4. The van der Waals surface area contributed by atoms with Crippen LogP contribution in [0.5, 0.6) is 0 Å². The number of hydrogen-bond donors (Lipinski definition) is 1. The van der Waals surface area contributed by atoms with Crippen LogP contribution in [-0.2, 0) is 9.53 Å². The Hall–Kier alpha value is -2.65. The van der Waals surface area contributed by atoms with Gasteiger partial charge in [-0.3, -0.25) is 9.69 Å². The number of allylic oxidation sites excluding steroid dienone is 1. The van der Waals surface area contributed by atoms with Crippen LogP contribution < -0.4 is 5.32 Å². The third kappa shape index (κ3) is 5.28. The molecule has 1 saturated heterocycles. The Morgan fingerprint density at radius 3 is 2.87 bits per heavy atom. The molecule has 1 N–H and O–H groups in total. The molecule has 0 bridgehead atoms. The lowest BCUT2D eigenvalue weighted by molar-refractivity contribution is -0.120. The number of benzene rings is 1. The van der Waals surface area contributed by atoms with Crippen LogP contribution in [0.4, 0.5) is 5.69 Å². The second kappa shape index (κ2) is 9.90. The number of anilines is 1. The molecule has 9 heteroatoms. The first-order chi connectivity index (χ1) is 14.4. The first-order valence-corrected chi connectivity index (χ1v) is 11.0. The number of nitrogens with one attached hydrogen (secondary N) is 1. The van der Waals surface area contributed by atoms with Crippen molar-refractivity contribution in [2.24, 2.45) is 0 Å². The van der Waals surface area contributed by atoms with Gasteiger partial charge < -0.3 is 10.1 Å². The zero-order valence-electron chi connectivity index (χ0n) is 17.7. The quantitative estimate of drug-likeness (QED) is 0.411. The molecular weight excluding hydrogens is 402 g/mol. The molecule has 0 spiro atoms. The summed E-state index contributed by atoms with van der Waals surface area (Å²) in [5.74, 6) is -0.574. The fourth-order valence-corrected chi connectivity index (χ4v) is 3.88. The van der Waals surface area contributed by atoms with E-state index < -0.39 is 5.97 Å². The van der Waals surface area contributed by atoms with Crippen molar-refractivity contribution >= 4 is 29.3 Å². The van der Waals surface area contributed by atoms with Crippen LogP contribution in [0, 0.1) is 0 Å². The second-order valence-corrected chi connectivity index (χ2v) is 8.32. The number of ether oxygens (including phenoxy) is 1. The van der Waals surface area contributed by atoms with Crippen molar-refractivity contribution in [2.45, 2.75) is 37.2 Å². The van der Waals surface area contributed by atoms with E-state index in [9.17, 15) is 9.59 Å². The van der Waals surface area contributed by atoms with Crippen molar-refractivity contribution < 1.29 is 14.3 Å². The molecule has 0 radical (unpaired) electrons. The van der Waals surface area contributed by atoms with Crippen LogP contribution in [0.15, 0.2) is 47.0 Å². The van der Waals surface area contributed by atoms with E-state index >= 15 is 0 Å². The SMILES string of the molecule is COC(=O)c1cn([C@@H]2C[C@@H](C(=O)Nc3cccc(SC)c3)N(CC=C(C)C)C2)nn1. The number of amides is 1. The number of esters is 1. The normalized spacial score (nSPS) is 18.8. The Bertz CT molecular complexity index is 938. The Kier molecular flexibility index (Phi) is 7.28. The maximum Gasteiger partial charge on any atom is 0.360 e. The Balaban J connectivity index is 1.77. The molecule has 0 saturated carbocycles. The van der Waals surface area contributed by atoms with Gasteiger partial charge >= 0.3 is 5.97 Å². The summed E-state index contributed by atoms with van der Waals surface area (Å²) in [6.07, 6.45) is 6.27. The highest BCUT2D eigenvalue weighted by molar-refractivity contribution is 7.98. The number of carbonyl (C=O) groups excluding carboxylic acids is 2. The van der Waals surface area contributed by atoms with Crippen LogP contribution in [0.1, 0.15) is 36.8 Å². The number of hydrogen-bond acceptors (Lipinski definition) is 7. The summed E-state index contributed by atoms with van der Waals surface area (Å²) < 4.78 is 6.36. The molecule has 8 nitrogen and oxygen atoms in total. The maximum absolute atomic E-state index is 13.1. The predicted molar refractivity (Wildman–Crippen MR) is 117 cm³/mol. The predicted octanol–water partition coefficient (Wildman–Crippen LogP) is 3.01. The molecular formula is C21H27N5O3S. The maximum atomic E-state index is 13.1. The van der Waals surface area contributed by atoms with Gasteiger partial charge in [0.15, 0.2) is 5.69 Å². The minimum atomic E-state index is -0.524. The van der Waals surface area contributed by atoms with Crippen molar-refractivity contribution in [3.05, 3.63) is 47.8 Å². The number of likely N-dealkylation sites (tertiary alicyclic amines) is 1. The van der Waals surface area contributed by atoms with Crippen LogP contribution in [0.2, 0.25) is 0 Å². The van der Waals surface area contributed by atoms with Crippen molar-refractivity contribution in [1.82, 2.24) is 19.9 Å². The highest BCUT2D eigenvalue weighted by atomic mass is 32.2. The summed E-state index contributed by atoms with van der Waals surface area (Å²) in [5, 5.41) is 11.0. The third-order valence-electron chi connectivity index (χ3n) is 5.03. The summed E-state index contributed by atoms with van der Waals surface area (Å²) >= 11 is 1.63. The van der Waals surface area contributed by atoms with E-state index in [2.05, 4.69) is 26.6 Å². The van der Waals surface area contributed by atoms with Gasteiger partial charge in [0.05, 0.1) is 25.4 Å². The molecule has 160 valence electrons. The second-order valence-electron chi connectivity index (χ2n) is 7.44. The standard InChI is InChI=1S/C21H27N5O3S/c1-14(2)8-9-25-12-16(26-13-18(23-24-26)21(28)29-3)11-19(25)20(27)22-15-6-5-7-17(10-15)30-4/h5-8,10,13,16,19H,9,11-12H2,1-4H3,(H,22,27)/t16-,19+/m1/s1. The fraction of sp³-hybridized carbons (Fsp3) is 0.429. The van der Waals surface area contributed by atoms with Crippen molar-refractivity contribution in [2.75, 3.05) is 31.8 Å². The minimum absolute atomic E-state index is 0.0498. The lowest BCUT2D eigenvalue weighted by Gasteiger charge is -2.22. The van der Waals surface area contributed by atoms with Gasteiger partial charge in [-0.1, -0.05) is 22.9 Å². The first kappa shape index (κ1) is 22.0. The van der Waals surface area contributed by atoms with Crippen LogP contribution in [0.3, 0.4) is 0 Å². The molecule has 1 aromatic carbocycles. The molecule has 1 aliphatic rings. The van der Waals surface area contributed by atoms with Crippen molar-refractivity contribution in [1.29, 1.82) is 0 Å². The highest BCUT2D eigenvalue weighted by Gasteiger charge is 2.38. The van der Waals surface area contributed by atoms with Gasteiger partial charge in [-0.05, 0) is 44.7 Å². The molecule has 1 aliphatic heterocycles. The molecule has 2 atom stereocenters.